The molecule has 3 aromatic carbocycles. The van der Waals surface area contributed by atoms with Gasteiger partial charge < -0.3 is 5.32 Å². The highest BCUT2D eigenvalue weighted by Gasteiger charge is 2.29. The molecule has 0 aliphatic rings. The minimum absolute atomic E-state index is 0.0556. The van der Waals surface area contributed by atoms with Gasteiger partial charge in [0, 0.05) is 18.7 Å². The SMILES string of the molecule is CC(C(=O)NCc1ccc2ccccc2c1)N(c1cccc([N+](=O)[O-])c1)S(C)(=O)=O. The number of hydrogen-bond donors (Lipinski definition) is 1. The number of carbonyl (C=O) groups excluding carboxylic acids is 1. The Hall–Kier alpha value is -3.46. The maximum Gasteiger partial charge on any atom is 0.271 e. The number of nitro groups is 1. The molecule has 3 rings (SSSR count). The molecule has 1 amide bonds. The topological polar surface area (TPSA) is 110 Å². The van der Waals surface area contributed by atoms with Crippen molar-refractivity contribution < 1.29 is 18.1 Å². The Morgan fingerprint density at radius 2 is 1.77 bits per heavy atom. The van der Waals surface area contributed by atoms with Crippen LogP contribution >= 0.6 is 0 Å². The lowest BCUT2D eigenvalue weighted by Gasteiger charge is -2.28. The summed E-state index contributed by atoms with van der Waals surface area (Å²) in [7, 11) is -3.87. The zero-order chi connectivity index (χ0) is 21.9. The van der Waals surface area contributed by atoms with Crippen LogP contribution in [0.2, 0.25) is 0 Å². The van der Waals surface area contributed by atoms with Crippen LogP contribution in [0.4, 0.5) is 11.4 Å². The van der Waals surface area contributed by atoms with Crippen LogP contribution < -0.4 is 9.62 Å². The van der Waals surface area contributed by atoms with Crippen molar-refractivity contribution in [3.05, 3.63) is 82.4 Å². The summed E-state index contributed by atoms with van der Waals surface area (Å²) in [5.41, 5.74) is 0.667. The minimum Gasteiger partial charge on any atom is -0.350 e. The van der Waals surface area contributed by atoms with Crippen LogP contribution in [-0.4, -0.2) is 31.5 Å². The van der Waals surface area contributed by atoms with E-state index >= 15 is 0 Å². The second kappa shape index (κ2) is 8.50. The van der Waals surface area contributed by atoms with Crippen LogP contribution in [0.25, 0.3) is 10.8 Å². The number of non-ortho nitro benzene ring substituents is 1. The molecule has 0 heterocycles. The van der Waals surface area contributed by atoms with Gasteiger partial charge in [-0.15, -0.1) is 0 Å². The Morgan fingerprint density at radius 1 is 1.07 bits per heavy atom. The first-order valence-electron chi connectivity index (χ1n) is 9.16. The fourth-order valence-corrected chi connectivity index (χ4v) is 4.40. The van der Waals surface area contributed by atoms with E-state index in [1.54, 1.807) is 0 Å². The van der Waals surface area contributed by atoms with Crippen LogP contribution in [-0.2, 0) is 21.4 Å². The van der Waals surface area contributed by atoms with Gasteiger partial charge in [0.15, 0.2) is 0 Å². The molecule has 1 N–H and O–H groups in total. The van der Waals surface area contributed by atoms with Crippen molar-refractivity contribution in [2.24, 2.45) is 0 Å². The summed E-state index contributed by atoms with van der Waals surface area (Å²) in [6.45, 7) is 1.66. The lowest BCUT2D eigenvalue weighted by Crippen LogP contribution is -2.47. The van der Waals surface area contributed by atoms with Gasteiger partial charge in [-0.3, -0.25) is 19.2 Å². The second-order valence-electron chi connectivity index (χ2n) is 6.91. The molecular formula is C21H21N3O5S. The Morgan fingerprint density at radius 3 is 2.43 bits per heavy atom. The molecule has 1 atom stereocenters. The molecular weight excluding hydrogens is 406 g/mol. The summed E-state index contributed by atoms with van der Waals surface area (Å²) in [5, 5.41) is 15.9. The number of rotatable bonds is 7. The first-order valence-corrected chi connectivity index (χ1v) is 11.0. The number of benzene rings is 3. The summed E-state index contributed by atoms with van der Waals surface area (Å²) in [4.78, 5) is 23.1. The summed E-state index contributed by atoms with van der Waals surface area (Å²) < 4.78 is 25.6. The molecule has 8 nitrogen and oxygen atoms in total. The van der Waals surface area contributed by atoms with Crippen molar-refractivity contribution in [1.29, 1.82) is 0 Å². The average Bonchev–Trinajstić information content (AvgIpc) is 2.71. The Labute approximate surface area is 174 Å². The van der Waals surface area contributed by atoms with Crippen LogP contribution in [0.15, 0.2) is 66.7 Å². The number of hydrogen-bond acceptors (Lipinski definition) is 5. The van der Waals surface area contributed by atoms with Gasteiger partial charge in [0.25, 0.3) is 5.69 Å². The highest BCUT2D eigenvalue weighted by atomic mass is 32.2. The predicted octanol–water partition coefficient (Wildman–Crippen LogP) is 3.22. The lowest BCUT2D eigenvalue weighted by molar-refractivity contribution is -0.384. The molecule has 0 aromatic heterocycles. The molecule has 156 valence electrons. The van der Waals surface area contributed by atoms with Gasteiger partial charge in [0.1, 0.15) is 6.04 Å². The van der Waals surface area contributed by atoms with E-state index in [0.717, 1.165) is 33.0 Å². The van der Waals surface area contributed by atoms with E-state index in [4.69, 9.17) is 0 Å². The van der Waals surface area contributed by atoms with Crippen LogP contribution in [0, 0.1) is 10.1 Å². The van der Waals surface area contributed by atoms with E-state index in [9.17, 15) is 23.3 Å². The molecule has 1 unspecified atom stereocenters. The molecule has 0 fully saturated rings. The van der Waals surface area contributed by atoms with Gasteiger partial charge in [-0.25, -0.2) is 8.42 Å². The summed E-state index contributed by atoms with van der Waals surface area (Å²) >= 11 is 0. The highest BCUT2D eigenvalue weighted by Crippen LogP contribution is 2.25. The monoisotopic (exact) mass is 427 g/mol. The molecule has 30 heavy (non-hydrogen) atoms. The van der Waals surface area contributed by atoms with Crippen molar-refractivity contribution >= 4 is 38.1 Å². The average molecular weight is 427 g/mol. The molecule has 0 aliphatic carbocycles. The zero-order valence-electron chi connectivity index (χ0n) is 16.5. The maximum atomic E-state index is 12.7. The number of fused-ring (bicyclic) bond motifs is 1. The fourth-order valence-electron chi connectivity index (χ4n) is 3.24. The molecule has 0 spiro atoms. The first kappa shape index (κ1) is 21.3. The number of amides is 1. The van der Waals surface area contributed by atoms with Crippen molar-refractivity contribution in [3.8, 4) is 0 Å². The third-order valence-corrected chi connectivity index (χ3v) is 5.91. The first-order chi connectivity index (χ1) is 14.2. The van der Waals surface area contributed by atoms with Crippen LogP contribution in [0.3, 0.4) is 0 Å². The van der Waals surface area contributed by atoms with Gasteiger partial charge in [0.05, 0.1) is 16.9 Å². The third kappa shape index (κ3) is 4.74. The molecule has 0 bridgehead atoms. The van der Waals surface area contributed by atoms with E-state index in [1.807, 2.05) is 42.5 Å². The normalized spacial score (nSPS) is 12.3. The second-order valence-corrected chi connectivity index (χ2v) is 8.77. The summed E-state index contributed by atoms with van der Waals surface area (Å²) in [5.74, 6) is -0.514. The lowest BCUT2D eigenvalue weighted by atomic mass is 10.1. The van der Waals surface area contributed by atoms with Crippen molar-refractivity contribution in [1.82, 2.24) is 5.32 Å². The van der Waals surface area contributed by atoms with E-state index in [2.05, 4.69) is 5.32 Å². The number of sulfonamides is 1. The van der Waals surface area contributed by atoms with E-state index in [0.29, 0.717) is 0 Å². The van der Waals surface area contributed by atoms with Crippen LogP contribution in [0.5, 0.6) is 0 Å². The fraction of sp³-hybridized carbons (Fsp3) is 0.190. The number of nitrogens with zero attached hydrogens (tertiary/aromatic N) is 2. The van der Waals surface area contributed by atoms with E-state index < -0.39 is 26.9 Å². The van der Waals surface area contributed by atoms with E-state index in [1.165, 1.54) is 25.1 Å². The van der Waals surface area contributed by atoms with E-state index in [-0.39, 0.29) is 17.9 Å². The summed E-state index contributed by atoms with van der Waals surface area (Å²) in [6, 6.07) is 17.7. The van der Waals surface area contributed by atoms with Gasteiger partial charge in [0.2, 0.25) is 15.9 Å². The maximum absolute atomic E-state index is 12.7. The molecule has 0 saturated heterocycles. The van der Waals surface area contributed by atoms with Gasteiger partial charge >= 0.3 is 0 Å². The number of carbonyl (C=O) groups is 1. The number of nitrogens with one attached hydrogen (secondary N) is 1. The zero-order valence-corrected chi connectivity index (χ0v) is 17.3. The third-order valence-electron chi connectivity index (χ3n) is 4.66. The number of anilines is 1. The molecule has 3 aromatic rings. The Balaban J connectivity index is 1.80. The van der Waals surface area contributed by atoms with Crippen molar-refractivity contribution in [2.75, 3.05) is 10.6 Å². The van der Waals surface area contributed by atoms with Crippen molar-refractivity contribution in [2.45, 2.75) is 19.5 Å². The molecule has 0 aliphatic heterocycles. The smallest absolute Gasteiger partial charge is 0.271 e. The van der Waals surface area contributed by atoms with Gasteiger partial charge in [-0.1, -0.05) is 42.5 Å². The van der Waals surface area contributed by atoms with Crippen LogP contribution in [0.1, 0.15) is 12.5 Å². The summed E-state index contributed by atoms with van der Waals surface area (Å²) in [6.07, 6.45) is 0.957. The molecule has 0 radical (unpaired) electrons. The highest BCUT2D eigenvalue weighted by molar-refractivity contribution is 7.92. The van der Waals surface area contributed by atoms with Gasteiger partial charge in [-0.2, -0.15) is 0 Å². The van der Waals surface area contributed by atoms with Gasteiger partial charge in [-0.05, 0) is 35.4 Å². The molecule has 9 heteroatoms. The van der Waals surface area contributed by atoms with Crippen molar-refractivity contribution in [3.63, 3.8) is 0 Å². The Kier molecular flexibility index (Phi) is 6.02. The Bertz CT molecular complexity index is 1210. The standard InChI is InChI=1S/C21H21N3O5S/c1-15(23(30(2,28)29)19-8-5-9-20(13-19)24(26)27)21(25)22-14-16-10-11-17-6-3-4-7-18(17)12-16/h3-13,15H,14H2,1-2H3,(H,22,25). The molecule has 0 saturated carbocycles. The predicted molar refractivity (Wildman–Crippen MR) is 116 cm³/mol. The number of nitro benzene ring substituents is 1. The largest absolute Gasteiger partial charge is 0.350 e. The quantitative estimate of drug-likeness (QED) is 0.460. The minimum atomic E-state index is -3.87.